The lowest BCUT2D eigenvalue weighted by molar-refractivity contribution is -0.145. The van der Waals surface area contributed by atoms with Gasteiger partial charge in [-0.3, -0.25) is 15.6 Å². The summed E-state index contributed by atoms with van der Waals surface area (Å²) in [6.45, 7) is 0.394. The standard InChI is InChI=1S/C24H29N7O3/c1-34-24(33)18(3-2-10-25)30-20(32)12-17-16-9-8-15(23(28)29)11-19(16)31-21(17)13-4-6-14(7-5-13)22(26)27/h4-9,11,18,31H,2-3,10,12,25H2,1H3,(H3,26,27)(H3,28,29)(H,30,32)/t18-/m0/s1. The number of methoxy groups -OCH3 is 1. The topological polar surface area (TPSA) is 197 Å². The third kappa shape index (κ3) is 5.41. The smallest absolute Gasteiger partial charge is 0.328 e. The lowest BCUT2D eigenvalue weighted by Gasteiger charge is -2.16. The lowest BCUT2D eigenvalue weighted by Crippen LogP contribution is -2.42. The van der Waals surface area contributed by atoms with Crippen molar-refractivity contribution in [2.75, 3.05) is 13.7 Å². The number of H-pyrrole nitrogens is 1. The molecule has 0 aliphatic carbocycles. The molecule has 0 radical (unpaired) electrons. The number of amidine groups is 2. The number of ether oxygens (including phenoxy) is 1. The Balaban J connectivity index is 2.00. The van der Waals surface area contributed by atoms with Crippen molar-refractivity contribution in [3.8, 4) is 11.3 Å². The molecular weight excluding hydrogens is 434 g/mol. The molecule has 0 unspecified atom stereocenters. The van der Waals surface area contributed by atoms with E-state index in [1.54, 1.807) is 24.3 Å². The van der Waals surface area contributed by atoms with Crippen molar-refractivity contribution in [3.63, 3.8) is 0 Å². The average molecular weight is 464 g/mol. The van der Waals surface area contributed by atoms with Crippen molar-refractivity contribution in [3.05, 3.63) is 59.2 Å². The van der Waals surface area contributed by atoms with E-state index in [2.05, 4.69) is 10.3 Å². The molecule has 0 bridgehead atoms. The van der Waals surface area contributed by atoms with Crippen molar-refractivity contribution in [2.24, 2.45) is 17.2 Å². The molecule has 3 aromatic rings. The molecule has 10 heteroatoms. The van der Waals surface area contributed by atoms with E-state index in [1.807, 2.05) is 18.2 Å². The molecule has 1 amide bonds. The van der Waals surface area contributed by atoms with Gasteiger partial charge in [-0.05, 0) is 36.6 Å². The van der Waals surface area contributed by atoms with E-state index in [0.29, 0.717) is 41.7 Å². The summed E-state index contributed by atoms with van der Waals surface area (Å²) in [5, 5.41) is 18.9. The Morgan fingerprint density at radius 2 is 1.71 bits per heavy atom. The Kier molecular flexibility index (Phi) is 7.64. The molecule has 1 atom stereocenters. The molecule has 10 N–H and O–H groups in total. The van der Waals surface area contributed by atoms with Gasteiger partial charge in [0.2, 0.25) is 5.91 Å². The number of amides is 1. The third-order valence-electron chi connectivity index (χ3n) is 5.56. The number of hydrogen-bond donors (Lipinski definition) is 7. The Hall–Kier alpha value is -4.18. The lowest BCUT2D eigenvalue weighted by atomic mass is 10.00. The average Bonchev–Trinajstić information content (AvgIpc) is 3.18. The number of benzene rings is 2. The second-order valence-corrected chi connectivity index (χ2v) is 7.89. The van der Waals surface area contributed by atoms with Gasteiger partial charge in [-0.1, -0.05) is 36.4 Å². The quantitative estimate of drug-likeness (QED) is 0.134. The summed E-state index contributed by atoms with van der Waals surface area (Å²) in [5.41, 5.74) is 20.8. The second-order valence-electron chi connectivity index (χ2n) is 7.89. The van der Waals surface area contributed by atoms with Crippen LogP contribution in [0.5, 0.6) is 0 Å². The highest BCUT2D eigenvalue weighted by molar-refractivity contribution is 6.02. The molecular formula is C24H29N7O3. The summed E-state index contributed by atoms with van der Waals surface area (Å²) in [6, 6.07) is 11.6. The summed E-state index contributed by atoms with van der Waals surface area (Å²) in [7, 11) is 1.28. The van der Waals surface area contributed by atoms with Gasteiger partial charge in [0, 0.05) is 22.0 Å². The minimum atomic E-state index is -0.783. The molecule has 10 nitrogen and oxygen atoms in total. The SMILES string of the molecule is COC(=O)[C@H](CCCN)NC(=O)Cc1c(-c2ccc(C(=N)N)cc2)[nH]c2cc(C(=N)N)ccc12. The zero-order valence-corrected chi connectivity index (χ0v) is 18.9. The molecule has 0 fully saturated rings. The van der Waals surface area contributed by atoms with Gasteiger partial charge in [0.05, 0.1) is 19.2 Å². The van der Waals surface area contributed by atoms with Gasteiger partial charge in [-0.25, -0.2) is 4.79 Å². The van der Waals surface area contributed by atoms with Crippen LogP contribution in [0.3, 0.4) is 0 Å². The van der Waals surface area contributed by atoms with Crippen LogP contribution in [0.1, 0.15) is 29.5 Å². The number of aromatic nitrogens is 1. The van der Waals surface area contributed by atoms with Crippen LogP contribution in [0, 0.1) is 10.8 Å². The van der Waals surface area contributed by atoms with Gasteiger partial charge in [-0.15, -0.1) is 0 Å². The third-order valence-corrected chi connectivity index (χ3v) is 5.56. The summed E-state index contributed by atoms with van der Waals surface area (Å²) < 4.78 is 4.81. The zero-order chi connectivity index (χ0) is 24.8. The first-order valence-corrected chi connectivity index (χ1v) is 10.8. The molecule has 0 aliphatic rings. The predicted molar refractivity (Wildman–Crippen MR) is 132 cm³/mol. The number of hydrogen-bond acceptors (Lipinski definition) is 6. The number of aromatic amines is 1. The first kappa shape index (κ1) is 24.5. The van der Waals surface area contributed by atoms with Crippen LogP contribution < -0.4 is 22.5 Å². The maximum atomic E-state index is 13.0. The van der Waals surface area contributed by atoms with Crippen LogP contribution in [-0.2, 0) is 20.7 Å². The zero-order valence-electron chi connectivity index (χ0n) is 18.9. The number of nitrogens with one attached hydrogen (secondary N) is 4. The van der Waals surface area contributed by atoms with Crippen molar-refractivity contribution < 1.29 is 14.3 Å². The Morgan fingerprint density at radius 1 is 1.06 bits per heavy atom. The van der Waals surface area contributed by atoms with Crippen molar-refractivity contribution in [1.29, 1.82) is 10.8 Å². The molecule has 0 saturated carbocycles. The van der Waals surface area contributed by atoms with E-state index in [9.17, 15) is 9.59 Å². The van der Waals surface area contributed by atoms with Gasteiger partial charge in [0.1, 0.15) is 17.7 Å². The van der Waals surface area contributed by atoms with Crippen molar-refractivity contribution in [2.45, 2.75) is 25.3 Å². The summed E-state index contributed by atoms with van der Waals surface area (Å²) in [5.74, 6) is -0.971. The van der Waals surface area contributed by atoms with Crippen LogP contribution >= 0.6 is 0 Å². The monoisotopic (exact) mass is 463 g/mol. The molecule has 0 saturated heterocycles. The maximum Gasteiger partial charge on any atom is 0.328 e. The highest BCUT2D eigenvalue weighted by Gasteiger charge is 2.23. The molecule has 3 rings (SSSR count). The highest BCUT2D eigenvalue weighted by atomic mass is 16.5. The summed E-state index contributed by atoms with van der Waals surface area (Å²) in [6.07, 6.45) is 0.943. The van der Waals surface area contributed by atoms with Crippen LogP contribution in [0.2, 0.25) is 0 Å². The molecule has 1 aromatic heterocycles. The van der Waals surface area contributed by atoms with E-state index < -0.39 is 12.0 Å². The van der Waals surface area contributed by atoms with Crippen LogP contribution in [0.15, 0.2) is 42.5 Å². The molecule has 0 aliphatic heterocycles. The molecule has 2 aromatic carbocycles. The van der Waals surface area contributed by atoms with E-state index in [4.69, 9.17) is 32.8 Å². The number of fused-ring (bicyclic) bond motifs is 1. The number of nitrogen functional groups attached to an aromatic ring is 2. The fourth-order valence-electron chi connectivity index (χ4n) is 3.79. The van der Waals surface area contributed by atoms with E-state index in [0.717, 1.165) is 16.5 Å². The van der Waals surface area contributed by atoms with Crippen LogP contribution in [0.25, 0.3) is 22.2 Å². The normalized spacial score (nSPS) is 11.7. The molecule has 178 valence electrons. The number of nitrogens with two attached hydrogens (primary N) is 3. The maximum absolute atomic E-state index is 13.0. The first-order chi connectivity index (χ1) is 16.2. The molecule has 34 heavy (non-hydrogen) atoms. The fraction of sp³-hybridized carbons (Fsp3) is 0.250. The Bertz CT molecular complexity index is 1230. The van der Waals surface area contributed by atoms with Gasteiger partial charge in [-0.2, -0.15) is 0 Å². The molecule has 0 spiro atoms. The number of rotatable bonds is 10. The van der Waals surface area contributed by atoms with Gasteiger partial charge in [0.15, 0.2) is 0 Å². The van der Waals surface area contributed by atoms with Crippen LogP contribution in [-0.4, -0.2) is 48.2 Å². The first-order valence-electron chi connectivity index (χ1n) is 10.8. The van der Waals surface area contributed by atoms with E-state index >= 15 is 0 Å². The minimum absolute atomic E-state index is 0.000664. The van der Waals surface area contributed by atoms with Crippen molar-refractivity contribution in [1.82, 2.24) is 10.3 Å². The van der Waals surface area contributed by atoms with E-state index in [-0.39, 0.29) is 24.0 Å². The fourth-order valence-corrected chi connectivity index (χ4v) is 3.79. The summed E-state index contributed by atoms with van der Waals surface area (Å²) >= 11 is 0. The van der Waals surface area contributed by atoms with Gasteiger partial charge < -0.3 is 32.2 Å². The highest BCUT2D eigenvalue weighted by Crippen LogP contribution is 2.31. The predicted octanol–water partition coefficient (Wildman–Crippen LogP) is 1.34. The number of carbonyl (C=O) groups excluding carboxylic acids is 2. The minimum Gasteiger partial charge on any atom is -0.467 e. The van der Waals surface area contributed by atoms with Gasteiger partial charge >= 0.3 is 5.97 Å². The largest absolute Gasteiger partial charge is 0.467 e. The Labute approximate surface area is 196 Å². The van der Waals surface area contributed by atoms with Gasteiger partial charge in [0.25, 0.3) is 0 Å². The molecule has 1 heterocycles. The number of carbonyl (C=O) groups is 2. The second kappa shape index (κ2) is 10.6. The van der Waals surface area contributed by atoms with E-state index in [1.165, 1.54) is 7.11 Å². The van der Waals surface area contributed by atoms with Crippen molar-refractivity contribution >= 4 is 34.5 Å². The van der Waals surface area contributed by atoms with Crippen LogP contribution in [0.4, 0.5) is 0 Å². The number of esters is 1. The Morgan fingerprint density at radius 3 is 2.29 bits per heavy atom. The summed E-state index contributed by atoms with van der Waals surface area (Å²) in [4.78, 5) is 28.4.